The number of aliphatic hydroxyl groups is 1. The molecule has 0 saturated carbocycles. The number of thiazole rings is 1. The number of carbonyl (C=O) groups excluding carboxylic acids is 1. The number of nitrogens with one attached hydrogen (secondary N) is 2. The van der Waals surface area contributed by atoms with Gasteiger partial charge in [-0.3, -0.25) is 20.6 Å². The molecule has 0 fully saturated rings. The maximum Gasteiger partial charge on any atom is 0.269 e. The predicted molar refractivity (Wildman–Crippen MR) is 134 cm³/mol. The molecule has 7 nitrogen and oxygen atoms in total. The number of hydrogen-bond acceptors (Lipinski definition) is 6. The van der Waals surface area contributed by atoms with E-state index in [-0.39, 0.29) is 24.0 Å². The number of aliphatic hydroxyl groups excluding tert-OH is 1. The number of rotatable bonds is 7. The number of nitrogens with zero attached hydrogens (tertiary/aromatic N) is 3. The molecule has 1 amide bonds. The van der Waals surface area contributed by atoms with Crippen molar-refractivity contribution in [3.8, 4) is 11.3 Å². The van der Waals surface area contributed by atoms with Crippen LogP contribution < -0.4 is 10.3 Å². The fourth-order valence-corrected chi connectivity index (χ4v) is 4.66. The van der Waals surface area contributed by atoms with Gasteiger partial charge in [0, 0.05) is 40.3 Å². The van der Waals surface area contributed by atoms with Gasteiger partial charge in [0.05, 0.1) is 17.8 Å². The molecule has 0 bridgehead atoms. The Bertz CT molecular complexity index is 1200. The summed E-state index contributed by atoms with van der Waals surface area (Å²) in [5, 5.41) is 23.4. The number of amides is 1. The second-order valence-corrected chi connectivity index (χ2v) is 8.76. The first-order valence-corrected chi connectivity index (χ1v) is 11.8. The Balaban J connectivity index is 1.46. The van der Waals surface area contributed by atoms with Crippen molar-refractivity contribution in [3.05, 3.63) is 75.3 Å². The van der Waals surface area contributed by atoms with Crippen LogP contribution in [0, 0.1) is 5.41 Å². The first kappa shape index (κ1) is 22.8. The summed E-state index contributed by atoms with van der Waals surface area (Å²) in [5.74, 6) is -0.354. The number of hydrogen-bond donors (Lipinski definition) is 3. The van der Waals surface area contributed by atoms with Crippen molar-refractivity contribution in [3.63, 3.8) is 0 Å². The molecule has 4 rings (SSSR count). The van der Waals surface area contributed by atoms with Gasteiger partial charge in [-0.2, -0.15) is 0 Å². The van der Waals surface area contributed by atoms with Crippen molar-refractivity contribution in [2.45, 2.75) is 13.8 Å². The number of carbonyl (C=O) groups is 1. The molecule has 0 spiro atoms. The van der Waals surface area contributed by atoms with E-state index in [1.165, 1.54) is 16.3 Å². The highest BCUT2D eigenvalue weighted by molar-refractivity contribution is 7.11. The summed E-state index contributed by atoms with van der Waals surface area (Å²) in [5.41, 5.74) is 6.18. The van der Waals surface area contributed by atoms with E-state index >= 15 is 0 Å². The minimum atomic E-state index is -0.346. The molecule has 0 radical (unpaired) electrons. The molecular weight excluding hydrogens is 458 g/mol. The van der Waals surface area contributed by atoms with Crippen molar-refractivity contribution in [1.82, 2.24) is 15.4 Å². The maximum atomic E-state index is 12.7. The Morgan fingerprint density at radius 2 is 1.85 bits per heavy atom. The molecule has 3 aromatic rings. The van der Waals surface area contributed by atoms with Crippen LogP contribution in [0.2, 0.25) is 5.02 Å². The quantitative estimate of drug-likeness (QED) is 0.430. The number of anilines is 1. The Hall–Kier alpha value is -3.36. The molecule has 0 aliphatic carbocycles. The third kappa shape index (κ3) is 4.72. The third-order valence-corrected chi connectivity index (χ3v) is 6.57. The fourth-order valence-electron chi connectivity index (χ4n) is 3.64. The molecule has 0 saturated heterocycles. The van der Waals surface area contributed by atoms with Crippen LogP contribution >= 0.6 is 22.9 Å². The predicted octanol–water partition coefficient (Wildman–Crippen LogP) is 5.22. The van der Waals surface area contributed by atoms with Crippen LogP contribution in [-0.2, 0) is 0 Å². The first-order chi connectivity index (χ1) is 15.9. The Morgan fingerprint density at radius 3 is 2.48 bits per heavy atom. The smallest absolute Gasteiger partial charge is 0.269 e. The van der Waals surface area contributed by atoms with Crippen LogP contribution in [0.3, 0.4) is 0 Å². The molecule has 9 heteroatoms. The van der Waals surface area contributed by atoms with Crippen molar-refractivity contribution >= 4 is 45.9 Å². The molecule has 1 aliphatic rings. The monoisotopic (exact) mass is 481 g/mol. The number of halogens is 1. The second-order valence-electron chi connectivity index (χ2n) is 7.46. The number of amidine groups is 1. The van der Waals surface area contributed by atoms with E-state index in [4.69, 9.17) is 17.0 Å². The second kappa shape index (κ2) is 9.64. The highest BCUT2D eigenvalue weighted by Gasteiger charge is 2.31. The summed E-state index contributed by atoms with van der Waals surface area (Å²) >= 11 is 7.29. The van der Waals surface area contributed by atoms with Crippen molar-refractivity contribution in [2.75, 3.05) is 24.5 Å². The van der Waals surface area contributed by atoms with E-state index < -0.39 is 0 Å². The van der Waals surface area contributed by atoms with Crippen LogP contribution in [0.25, 0.3) is 16.8 Å². The molecule has 2 aromatic carbocycles. The van der Waals surface area contributed by atoms with Crippen LogP contribution in [0.4, 0.5) is 5.69 Å². The fraction of sp³-hybridized carbons (Fsp3) is 0.208. The van der Waals surface area contributed by atoms with Gasteiger partial charge < -0.3 is 10.0 Å². The highest BCUT2D eigenvalue weighted by Crippen LogP contribution is 2.32. The first-order valence-electron chi connectivity index (χ1n) is 10.6. The summed E-state index contributed by atoms with van der Waals surface area (Å²) in [6.07, 6.45) is 0. The van der Waals surface area contributed by atoms with E-state index in [1.807, 2.05) is 29.6 Å². The zero-order chi connectivity index (χ0) is 23.5. The SMILES string of the molecule is CCN(CC)c1ccc(C(=O)NN2CC(O)=C(c3nc(-c4ccc(Cl)cc4)cs3)C2=N)cc1. The van der Waals surface area contributed by atoms with E-state index in [0.29, 0.717) is 21.2 Å². The summed E-state index contributed by atoms with van der Waals surface area (Å²) in [7, 11) is 0. The normalized spacial score (nSPS) is 13.5. The molecule has 2 heterocycles. The van der Waals surface area contributed by atoms with E-state index in [1.54, 1.807) is 24.3 Å². The van der Waals surface area contributed by atoms with E-state index in [9.17, 15) is 9.90 Å². The largest absolute Gasteiger partial charge is 0.509 e. The van der Waals surface area contributed by atoms with Gasteiger partial charge in [0.2, 0.25) is 0 Å². The number of aromatic nitrogens is 1. The average Bonchev–Trinajstić information content (AvgIpc) is 3.40. The molecule has 0 unspecified atom stereocenters. The average molecular weight is 482 g/mol. The summed E-state index contributed by atoms with van der Waals surface area (Å²) < 4.78 is 0. The molecule has 170 valence electrons. The standard InChI is InChI=1S/C24H24ClN5O2S/c1-3-29(4-2)18-11-7-16(8-12-18)23(32)28-30-13-20(31)21(22(30)26)24-27-19(14-33-24)15-5-9-17(25)10-6-15/h5-12,14,26,31H,3-4,13H2,1-2H3,(H,28,32). The van der Waals surface area contributed by atoms with E-state index in [0.717, 1.165) is 30.0 Å². The van der Waals surface area contributed by atoms with E-state index in [2.05, 4.69) is 29.2 Å². The lowest BCUT2D eigenvalue weighted by atomic mass is 10.2. The highest BCUT2D eigenvalue weighted by atomic mass is 35.5. The van der Waals surface area contributed by atoms with Gasteiger partial charge in [-0.15, -0.1) is 11.3 Å². The molecule has 1 aromatic heterocycles. The summed E-state index contributed by atoms with van der Waals surface area (Å²) in [4.78, 5) is 19.5. The molecule has 3 N–H and O–H groups in total. The van der Waals surface area contributed by atoms with Crippen LogP contribution in [0.15, 0.2) is 59.7 Å². The van der Waals surface area contributed by atoms with Gasteiger partial charge in [0.25, 0.3) is 5.91 Å². The number of benzene rings is 2. The van der Waals surface area contributed by atoms with Gasteiger partial charge in [0.15, 0.2) is 5.84 Å². The zero-order valence-corrected chi connectivity index (χ0v) is 19.9. The van der Waals surface area contributed by atoms with Gasteiger partial charge in [-0.25, -0.2) is 4.98 Å². The van der Waals surface area contributed by atoms with Crippen molar-refractivity contribution in [2.24, 2.45) is 0 Å². The molecule has 33 heavy (non-hydrogen) atoms. The van der Waals surface area contributed by atoms with Gasteiger partial charge in [0.1, 0.15) is 10.8 Å². The number of hydrazine groups is 1. The minimum absolute atomic E-state index is 0.00221. The van der Waals surface area contributed by atoms with Crippen molar-refractivity contribution < 1.29 is 9.90 Å². The third-order valence-electron chi connectivity index (χ3n) is 5.46. The maximum absolute atomic E-state index is 12.7. The minimum Gasteiger partial charge on any atom is -0.509 e. The topological polar surface area (TPSA) is 92.6 Å². The summed E-state index contributed by atoms with van der Waals surface area (Å²) in [6, 6.07) is 14.7. The lowest BCUT2D eigenvalue weighted by Crippen LogP contribution is -2.43. The van der Waals surface area contributed by atoms with Gasteiger partial charge >= 0.3 is 0 Å². The molecular formula is C24H24ClN5O2S. The lowest BCUT2D eigenvalue weighted by molar-refractivity contribution is 0.0874. The van der Waals surface area contributed by atoms with Crippen LogP contribution in [0.1, 0.15) is 29.2 Å². The summed E-state index contributed by atoms with van der Waals surface area (Å²) in [6.45, 7) is 5.95. The Kier molecular flexibility index (Phi) is 6.67. The van der Waals surface area contributed by atoms with Gasteiger partial charge in [-0.1, -0.05) is 23.7 Å². The van der Waals surface area contributed by atoms with Crippen molar-refractivity contribution in [1.29, 1.82) is 5.41 Å². The Morgan fingerprint density at radius 1 is 1.18 bits per heavy atom. The van der Waals surface area contributed by atoms with Crippen LogP contribution in [-0.4, -0.2) is 46.5 Å². The van der Waals surface area contributed by atoms with Gasteiger partial charge in [-0.05, 0) is 50.2 Å². The lowest BCUT2D eigenvalue weighted by Gasteiger charge is -2.22. The molecule has 1 aliphatic heterocycles. The zero-order valence-electron chi connectivity index (χ0n) is 18.3. The Labute approximate surface area is 201 Å². The van der Waals surface area contributed by atoms with Crippen LogP contribution in [0.5, 0.6) is 0 Å². The molecule has 0 atom stereocenters.